The minimum atomic E-state index is -4.27. The van der Waals surface area contributed by atoms with E-state index in [1.807, 2.05) is 0 Å². The zero-order valence-corrected chi connectivity index (χ0v) is 7.51. The molecule has 0 aliphatic heterocycles. The van der Waals surface area contributed by atoms with E-state index in [1.54, 1.807) is 6.08 Å². The normalized spacial score (nSPS) is 12.0. The smallest absolute Gasteiger partial charge is 0.416 e. The summed E-state index contributed by atoms with van der Waals surface area (Å²) >= 11 is 0. The van der Waals surface area contributed by atoms with Crippen LogP contribution in [-0.4, -0.2) is 7.11 Å². The quantitative estimate of drug-likeness (QED) is 0.668. The first-order valence-electron chi connectivity index (χ1n) is 3.90. The van der Waals surface area contributed by atoms with Crippen molar-refractivity contribution in [1.29, 1.82) is 0 Å². The van der Waals surface area contributed by atoms with Crippen molar-refractivity contribution in [3.63, 3.8) is 0 Å². The molecule has 1 aromatic rings. The van der Waals surface area contributed by atoms with Gasteiger partial charge < -0.3 is 4.74 Å². The molecule has 4 heteroatoms. The van der Waals surface area contributed by atoms with Crippen LogP contribution in [0.1, 0.15) is 11.1 Å². The van der Waals surface area contributed by atoms with Crippen LogP contribution in [-0.2, 0) is 10.9 Å². The third kappa shape index (κ3) is 2.80. The SMILES string of the molecule is COC=Cc1ccc(C(F)(F)F)cc1. The lowest BCUT2D eigenvalue weighted by molar-refractivity contribution is -0.137. The second-order valence-corrected chi connectivity index (χ2v) is 2.66. The van der Waals surface area contributed by atoms with Gasteiger partial charge in [0.15, 0.2) is 0 Å². The molecule has 1 rings (SSSR count). The molecule has 0 aliphatic carbocycles. The number of methoxy groups -OCH3 is 1. The van der Waals surface area contributed by atoms with Crippen molar-refractivity contribution in [2.45, 2.75) is 6.18 Å². The molecular weight excluding hydrogens is 193 g/mol. The number of ether oxygens (including phenoxy) is 1. The van der Waals surface area contributed by atoms with Crippen LogP contribution in [0.25, 0.3) is 6.08 Å². The van der Waals surface area contributed by atoms with Crippen LogP contribution in [0.15, 0.2) is 30.5 Å². The molecule has 0 heterocycles. The molecule has 1 nitrogen and oxygen atoms in total. The van der Waals surface area contributed by atoms with Crippen LogP contribution in [0.2, 0.25) is 0 Å². The van der Waals surface area contributed by atoms with Gasteiger partial charge >= 0.3 is 6.18 Å². The van der Waals surface area contributed by atoms with Gasteiger partial charge in [0, 0.05) is 0 Å². The molecule has 0 fully saturated rings. The lowest BCUT2D eigenvalue weighted by Gasteiger charge is -2.05. The van der Waals surface area contributed by atoms with Crippen LogP contribution in [0.4, 0.5) is 13.2 Å². The molecule has 0 saturated heterocycles. The molecule has 0 saturated carbocycles. The van der Waals surface area contributed by atoms with Crippen molar-refractivity contribution in [3.8, 4) is 0 Å². The van der Waals surface area contributed by atoms with Crippen molar-refractivity contribution in [3.05, 3.63) is 41.7 Å². The Morgan fingerprint density at radius 3 is 2.14 bits per heavy atom. The topological polar surface area (TPSA) is 9.23 Å². The summed E-state index contributed by atoms with van der Waals surface area (Å²) < 4.78 is 41.0. The molecule has 1 aromatic carbocycles. The molecule has 0 N–H and O–H groups in total. The lowest BCUT2D eigenvalue weighted by atomic mass is 10.1. The number of alkyl halides is 3. The zero-order chi connectivity index (χ0) is 10.6. The lowest BCUT2D eigenvalue weighted by Crippen LogP contribution is -2.03. The Morgan fingerprint density at radius 2 is 1.71 bits per heavy atom. The first kappa shape index (κ1) is 10.6. The molecular formula is C10H9F3O. The molecule has 0 spiro atoms. The monoisotopic (exact) mass is 202 g/mol. The number of hydrogen-bond acceptors (Lipinski definition) is 1. The summed E-state index contributed by atoms with van der Waals surface area (Å²) in [5, 5.41) is 0. The average Bonchev–Trinajstić information content (AvgIpc) is 2.14. The highest BCUT2D eigenvalue weighted by Crippen LogP contribution is 2.29. The predicted octanol–water partition coefficient (Wildman–Crippen LogP) is 3.32. The molecule has 14 heavy (non-hydrogen) atoms. The maximum Gasteiger partial charge on any atom is 0.416 e. The van der Waals surface area contributed by atoms with Crippen molar-refractivity contribution in [1.82, 2.24) is 0 Å². The Labute approximate surface area is 79.8 Å². The summed E-state index contributed by atoms with van der Waals surface area (Å²) in [7, 11) is 1.47. The fourth-order valence-electron chi connectivity index (χ4n) is 0.930. The summed E-state index contributed by atoms with van der Waals surface area (Å²) in [5.74, 6) is 0. The zero-order valence-electron chi connectivity index (χ0n) is 7.51. The number of halogens is 3. The van der Waals surface area contributed by atoms with E-state index in [2.05, 4.69) is 4.74 Å². The molecule has 0 unspecified atom stereocenters. The summed E-state index contributed by atoms with van der Waals surface area (Å²) in [6, 6.07) is 4.85. The van der Waals surface area contributed by atoms with Crippen molar-refractivity contribution < 1.29 is 17.9 Å². The highest BCUT2D eigenvalue weighted by Gasteiger charge is 2.29. The van der Waals surface area contributed by atoms with Gasteiger partial charge in [-0.15, -0.1) is 0 Å². The summed E-state index contributed by atoms with van der Waals surface area (Å²) in [5.41, 5.74) is 0.0203. The van der Waals surface area contributed by atoms with Crippen LogP contribution in [0.3, 0.4) is 0 Å². The molecule has 0 atom stereocenters. The van der Waals surface area contributed by atoms with E-state index in [0.29, 0.717) is 5.56 Å². The minimum Gasteiger partial charge on any atom is -0.504 e. The fraction of sp³-hybridized carbons (Fsp3) is 0.200. The predicted molar refractivity (Wildman–Crippen MR) is 47.5 cm³/mol. The van der Waals surface area contributed by atoms with Crippen molar-refractivity contribution in [2.24, 2.45) is 0 Å². The van der Waals surface area contributed by atoms with Gasteiger partial charge in [0.1, 0.15) is 0 Å². The fourth-order valence-corrected chi connectivity index (χ4v) is 0.930. The van der Waals surface area contributed by atoms with Gasteiger partial charge in [-0.2, -0.15) is 13.2 Å². The largest absolute Gasteiger partial charge is 0.504 e. The molecule has 0 amide bonds. The molecule has 0 radical (unpaired) electrons. The van der Waals surface area contributed by atoms with Gasteiger partial charge in [0.25, 0.3) is 0 Å². The minimum absolute atomic E-state index is 0.646. The molecule has 0 aliphatic rings. The number of hydrogen-bond donors (Lipinski definition) is 0. The maximum absolute atomic E-state index is 12.1. The molecule has 0 bridgehead atoms. The first-order valence-corrected chi connectivity index (χ1v) is 3.90. The Kier molecular flexibility index (Phi) is 3.17. The standard InChI is InChI=1S/C10H9F3O/c1-14-7-6-8-2-4-9(5-3-8)10(11,12)13/h2-7H,1H3. The van der Waals surface area contributed by atoms with Gasteiger partial charge in [-0.05, 0) is 23.8 Å². The van der Waals surface area contributed by atoms with Crippen LogP contribution in [0.5, 0.6) is 0 Å². The van der Waals surface area contributed by atoms with E-state index in [1.165, 1.54) is 25.5 Å². The van der Waals surface area contributed by atoms with E-state index in [4.69, 9.17) is 0 Å². The van der Waals surface area contributed by atoms with Gasteiger partial charge in [-0.1, -0.05) is 12.1 Å². The summed E-state index contributed by atoms with van der Waals surface area (Å²) in [6.07, 6.45) is -1.29. The second kappa shape index (κ2) is 4.17. The van der Waals surface area contributed by atoms with Gasteiger partial charge in [0.05, 0.1) is 18.9 Å². The number of benzene rings is 1. The van der Waals surface area contributed by atoms with E-state index < -0.39 is 11.7 Å². The molecule has 76 valence electrons. The molecule has 0 aromatic heterocycles. The van der Waals surface area contributed by atoms with Gasteiger partial charge in [-0.25, -0.2) is 0 Å². The highest BCUT2D eigenvalue weighted by atomic mass is 19.4. The van der Waals surface area contributed by atoms with Crippen LogP contribution >= 0.6 is 0 Å². The maximum atomic E-state index is 12.1. The van der Waals surface area contributed by atoms with Crippen molar-refractivity contribution >= 4 is 6.08 Å². The Balaban J connectivity index is 2.84. The Bertz CT molecular complexity index is 311. The second-order valence-electron chi connectivity index (χ2n) is 2.66. The van der Waals surface area contributed by atoms with E-state index >= 15 is 0 Å². The average molecular weight is 202 g/mol. The Hall–Kier alpha value is -1.45. The first-order chi connectivity index (χ1) is 6.54. The van der Waals surface area contributed by atoms with Crippen molar-refractivity contribution in [2.75, 3.05) is 7.11 Å². The summed E-state index contributed by atoms with van der Waals surface area (Å²) in [4.78, 5) is 0. The van der Waals surface area contributed by atoms with Gasteiger partial charge in [0.2, 0.25) is 0 Å². The third-order valence-corrected chi connectivity index (χ3v) is 1.63. The van der Waals surface area contributed by atoms with Crippen LogP contribution in [0, 0.1) is 0 Å². The summed E-state index contributed by atoms with van der Waals surface area (Å²) in [6.45, 7) is 0. The van der Waals surface area contributed by atoms with E-state index in [9.17, 15) is 13.2 Å². The highest BCUT2D eigenvalue weighted by molar-refractivity contribution is 5.48. The van der Waals surface area contributed by atoms with Crippen LogP contribution < -0.4 is 0 Å². The Morgan fingerprint density at radius 1 is 1.14 bits per heavy atom. The van der Waals surface area contributed by atoms with Gasteiger partial charge in [-0.3, -0.25) is 0 Å². The third-order valence-electron chi connectivity index (χ3n) is 1.63. The van der Waals surface area contributed by atoms with E-state index in [-0.39, 0.29) is 0 Å². The van der Waals surface area contributed by atoms with E-state index in [0.717, 1.165) is 12.1 Å². The number of rotatable bonds is 2.